The predicted octanol–water partition coefficient (Wildman–Crippen LogP) is 4.77. The lowest BCUT2D eigenvalue weighted by Gasteiger charge is -2.31. The van der Waals surface area contributed by atoms with Crippen LogP contribution in [0.1, 0.15) is 27.8 Å². The van der Waals surface area contributed by atoms with Gasteiger partial charge in [0.25, 0.3) is 0 Å². The van der Waals surface area contributed by atoms with Gasteiger partial charge in [-0.2, -0.15) is 0 Å². The Kier molecular flexibility index (Phi) is 5.49. The Hall–Kier alpha value is -2.39. The van der Waals surface area contributed by atoms with Crippen LogP contribution in [0.15, 0.2) is 48.5 Å². The normalized spacial score (nSPS) is 11.5. The minimum atomic E-state index is -5.16. The van der Waals surface area contributed by atoms with Crippen molar-refractivity contribution in [2.75, 3.05) is 0 Å². The summed E-state index contributed by atoms with van der Waals surface area (Å²) >= 11 is 0. The summed E-state index contributed by atoms with van der Waals surface area (Å²) in [5.41, 5.74) is 9.02. The Morgan fingerprint density at radius 3 is 1.61 bits per heavy atom. The number of phosphoric ester groups is 1. The van der Waals surface area contributed by atoms with Crippen LogP contribution in [0.3, 0.4) is 0 Å². The maximum Gasteiger partial charge on any atom is 0.127 e. The summed E-state index contributed by atoms with van der Waals surface area (Å²) < 4.78 is 16.0. The molecular weight excluding hydrogens is 371 g/mol. The van der Waals surface area contributed by atoms with Crippen molar-refractivity contribution in [3.63, 3.8) is 0 Å². The van der Waals surface area contributed by atoms with Crippen LogP contribution in [0.2, 0.25) is 0 Å². The molecule has 3 rings (SSSR count). The van der Waals surface area contributed by atoms with E-state index < -0.39 is 7.82 Å². The molecule has 0 saturated heterocycles. The molecule has 0 unspecified atom stereocenters. The zero-order valence-electron chi connectivity index (χ0n) is 16.7. The molecule has 0 fully saturated rings. The molecule has 28 heavy (non-hydrogen) atoms. The molecule has 4 nitrogen and oxygen atoms in total. The fourth-order valence-electron chi connectivity index (χ4n) is 3.89. The largest absolute Gasteiger partial charge is 0.780 e. The van der Waals surface area contributed by atoms with Gasteiger partial charge in [0.1, 0.15) is 13.6 Å². The van der Waals surface area contributed by atoms with E-state index in [9.17, 15) is 14.4 Å². The van der Waals surface area contributed by atoms with Crippen LogP contribution in [0, 0.1) is 34.6 Å². The van der Waals surface area contributed by atoms with Gasteiger partial charge in [0.05, 0.1) is 0 Å². The summed E-state index contributed by atoms with van der Waals surface area (Å²) in [6.45, 7) is 9.95. The van der Waals surface area contributed by atoms with Crippen LogP contribution in [0.4, 0.5) is 0 Å². The molecule has 3 aromatic rings. The first-order valence-corrected chi connectivity index (χ1v) is 10.5. The lowest BCUT2D eigenvalue weighted by Crippen LogP contribution is -2.19. The van der Waals surface area contributed by atoms with E-state index in [0.29, 0.717) is 5.56 Å². The molecule has 5 heteroatoms. The van der Waals surface area contributed by atoms with Crippen molar-refractivity contribution in [3.8, 4) is 28.0 Å². The Bertz CT molecular complexity index is 1060. The molecule has 146 valence electrons. The molecular formula is C23H23O4P-2. The van der Waals surface area contributed by atoms with E-state index in [0.717, 1.165) is 44.5 Å². The average molecular weight is 394 g/mol. The van der Waals surface area contributed by atoms with Gasteiger partial charge in [0.15, 0.2) is 0 Å². The number of phosphoric acid groups is 1. The van der Waals surface area contributed by atoms with Gasteiger partial charge in [-0.1, -0.05) is 42.5 Å². The summed E-state index contributed by atoms with van der Waals surface area (Å²) in [4.78, 5) is 22.5. The lowest BCUT2D eigenvalue weighted by molar-refractivity contribution is -0.333. The van der Waals surface area contributed by atoms with Crippen LogP contribution in [-0.2, 0) is 4.57 Å². The molecule has 0 aromatic heterocycles. The molecule has 3 aromatic carbocycles. The average Bonchev–Trinajstić information content (AvgIpc) is 2.58. The van der Waals surface area contributed by atoms with E-state index in [-0.39, 0.29) is 5.75 Å². The SMILES string of the molecule is Cc1cccc(C)c1-c1ccc(OP(=O)([O-])[O-])c(C)c1-c1c(C)cccc1C. The first-order chi connectivity index (χ1) is 13.1. The lowest BCUT2D eigenvalue weighted by atomic mass is 9.84. The monoisotopic (exact) mass is 394 g/mol. The second-order valence-electron chi connectivity index (χ2n) is 7.18. The van der Waals surface area contributed by atoms with E-state index in [1.165, 1.54) is 0 Å². The van der Waals surface area contributed by atoms with Crippen molar-refractivity contribution in [1.29, 1.82) is 0 Å². The van der Waals surface area contributed by atoms with Gasteiger partial charge >= 0.3 is 0 Å². The summed E-state index contributed by atoms with van der Waals surface area (Å²) in [6.07, 6.45) is 0. The minimum absolute atomic E-state index is 0.0703. The van der Waals surface area contributed by atoms with Crippen molar-refractivity contribution < 1.29 is 18.9 Å². The standard InChI is InChI=1S/C23H25O4P/c1-14-8-6-9-15(2)21(14)19-12-13-20(27-28(24,25)26)18(5)23(19)22-16(3)10-7-11-17(22)4/h6-13H,1-5H3,(H2,24,25,26)/p-2. The van der Waals surface area contributed by atoms with E-state index in [1.807, 2.05) is 44.2 Å². The van der Waals surface area contributed by atoms with Crippen molar-refractivity contribution in [1.82, 2.24) is 0 Å². The highest BCUT2D eigenvalue weighted by atomic mass is 31.2. The molecule has 0 bridgehead atoms. The fourth-order valence-corrected chi connectivity index (χ4v) is 4.33. The molecule has 0 heterocycles. The zero-order chi connectivity index (χ0) is 20.6. The van der Waals surface area contributed by atoms with E-state index >= 15 is 0 Å². The smallest absolute Gasteiger partial charge is 0.127 e. The summed E-state index contributed by atoms with van der Waals surface area (Å²) in [5, 5.41) is 0. The molecule has 0 N–H and O–H groups in total. The third-order valence-electron chi connectivity index (χ3n) is 5.11. The van der Waals surface area contributed by atoms with Crippen LogP contribution in [0.5, 0.6) is 5.75 Å². The van der Waals surface area contributed by atoms with Gasteiger partial charge < -0.3 is 18.9 Å². The highest BCUT2D eigenvalue weighted by Gasteiger charge is 2.20. The Morgan fingerprint density at radius 1 is 0.679 bits per heavy atom. The Morgan fingerprint density at radius 2 is 1.14 bits per heavy atom. The fraction of sp³-hybridized carbons (Fsp3) is 0.217. The minimum Gasteiger partial charge on any atom is -0.780 e. The first-order valence-electron chi connectivity index (χ1n) is 9.08. The van der Waals surface area contributed by atoms with Crippen molar-refractivity contribution in [2.45, 2.75) is 34.6 Å². The molecule has 0 aliphatic rings. The second kappa shape index (κ2) is 7.56. The number of rotatable bonds is 4. The molecule has 0 aliphatic carbocycles. The quantitative estimate of drug-likeness (QED) is 0.598. The highest BCUT2D eigenvalue weighted by molar-refractivity contribution is 7.43. The first kappa shape index (κ1) is 20.3. The van der Waals surface area contributed by atoms with Crippen molar-refractivity contribution in [2.24, 2.45) is 0 Å². The van der Waals surface area contributed by atoms with Crippen LogP contribution < -0.4 is 14.3 Å². The van der Waals surface area contributed by atoms with Crippen molar-refractivity contribution >= 4 is 7.82 Å². The van der Waals surface area contributed by atoms with Crippen LogP contribution >= 0.6 is 7.82 Å². The number of hydrogen-bond acceptors (Lipinski definition) is 4. The third kappa shape index (κ3) is 3.90. The summed E-state index contributed by atoms with van der Waals surface area (Å²) in [5.74, 6) is 0.0703. The van der Waals surface area contributed by atoms with Crippen molar-refractivity contribution in [3.05, 3.63) is 76.3 Å². The molecule has 0 spiro atoms. The van der Waals surface area contributed by atoms with Gasteiger partial charge in [0.2, 0.25) is 0 Å². The molecule has 0 amide bonds. The molecule has 0 atom stereocenters. The van der Waals surface area contributed by atoms with Gasteiger partial charge in [0, 0.05) is 0 Å². The van der Waals surface area contributed by atoms with Crippen LogP contribution in [-0.4, -0.2) is 0 Å². The van der Waals surface area contributed by atoms with Gasteiger partial charge in [-0.3, -0.25) is 0 Å². The van der Waals surface area contributed by atoms with Gasteiger partial charge in [-0.05, 0) is 90.8 Å². The second-order valence-corrected chi connectivity index (χ2v) is 8.26. The summed E-state index contributed by atoms with van der Waals surface area (Å²) in [7, 11) is -5.16. The number of aryl methyl sites for hydroxylation is 4. The maximum atomic E-state index is 11.2. The maximum absolute atomic E-state index is 11.2. The summed E-state index contributed by atoms with van der Waals surface area (Å²) in [6, 6.07) is 15.6. The third-order valence-corrected chi connectivity index (χ3v) is 5.53. The Labute approximate surface area is 166 Å². The predicted molar refractivity (Wildman–Crippen MR) is 109 cm³/mol. The van der Waals surface area contributed by atoms with Gasteiger partial charge in [-0.25, -0.2) is 0 Å². The van der Waals surface area contributed by atoms with E-state index in [1.54, 1.807) is 13.0 Å². The highest BCUT2D eigenvalue weighted by Crippen LogP contribution is 2.45. The zero-order valence-corrected chi connectivity index (χ0v) is 17.6. The molecule has 0 saturated carbocycles. The topological polar surface area (TPSA) is 72.4 Å². The number of hydrogen-bond donors (Lipinski definition) is 0. The van der Waals surface area contributed by atoms with Crippen LogP contribution in [0.25, 0.3) is 22.3 Å². The van der Waals surface area contributed by atoms with E-state index in [4.69, 9.17) is 4.52 Å². The van der Waals surface area contributed by atoms with E-state index in [2.05, 4.69) is 26.0 Å². The molecule has 0 radical (unpaired) electrons. The number of benzene rings is 3. The van der Waals surface area contributed by atoms with Gasteiger partial charge in [-0.15, -0.1) is 0 Å². The Balaban J connectivity index is 2.42. The molecule has 0 aliphatic heterocycles.